The standard InChI is InChI=1S/C2H6N3O3P/c1-4-2(3)5-9(6,7)8/h1H,3H2,(H3,5,6,7,8). The number of nitrogens with one attached hydrogen (secondary N) is 1. The summed E-state index contributed by atoms with van der Waals surface area (Å²) >= 11 is 0. The lowest BCUT2D eigenvalue weighted by Gasteiger charge is -2.03. The summed E-state index contributed by atoms with van der Waals surface area (Å²) in [4.78, 5) is 19.0. The number of nitrogens with zero attached hydrogens (tertiary/aromatic N) is 1. The Hall–Kier alpha value is -0.580. The van der Waals surface area contributed by atoms with Crippen LogP contribution in [0.1, 0.15) is 0 Å². The highest BCUT2D eigenvalue weighted by molar-refractivity contribution is 7.50. The predicted octanol–water partition coefficient (Wildman–Crippen LogP) is -1.35. The predicted molar refractivity (Wildman–Crippen MR) is 31.1 cm³/mol. The lowest BCUT2D eigenvalue weighted by atomic mass is 11.1. The van der Waals surface area contributed by atoms with Gasteiger partial charge in [0, 0.05) is 0 Å². The van der Waals surface area contributed by atoms with Crippen LogP contribution in [-0.4, -0.2) is 15.7 Å². The van der Waals surface area contributed by atoms with Crippen molar-refractivity contribution in [2.45, 2.75) is 0 Å². The molecule has 0 aliphatic carbocycles. The summed E-state index contributed by atoms with van der Waals surface area (Å²) < 4.78 is 9.97. The van der Waals surface area contributed by atoms with Gasteiger partial charge in [-0.05, 0) is 0 Å². The number of aliphatic imine (C=N–C) groups is 1. The molecular weight excluding hydrogens is 145 g/mol. The Bertz CT molecular complexity index is 160. The molecule has 0 aliphatic rings. The van der Waals surface area contributed by atoms with Crippen molar-refractivity contribution in [2.24, 2.45) is 10.7 Å². The summed E-state index contributed by atoms with van der Waals surface area (Å²) in [5, 5.41) is 1.54. The van der Waals surface area contributed by atoms with Crippen LogP contribution in [0.4, 0.5) is 0 Å². The molecule has 0 atom stereocenters. The zero-order chi connectivity index (χ0) is 7.49. The first-order valence-electron chi connectivity index (χ1n) is 1.83. The van der Waals surface area contributed by atoms with Crippen LogP contribution < -0.4 is 10.8 Å². The molecule has 5 N–H and O–H groups in total. The highest BCUT2D eigenvalue weighted by Gasteiger charge is 2.11. The molecule has 6 nitrogen and oxygen atoms in total. The van der Waals surface area contributed by atoms with Gasteiger partial charge in [-0.1, -0.05) is 0 Å². The molecule has 9 heavy (non-hydrogen) atoms. The normalized spacial score (nSPS) is 13.4. The first-order valence-corrected chi connectivity index (χ1v) is 3.44. The molecular formula is C2H6N3O3P. The van der Waals surface area contributed by atoms with E-state index in [1.165, 1.54) is 5.09 Å². The van der Waals surface area contributed by atoms with Crippen molar-refractivity contribution in [1.82, 2.24) is 5.09 Å². The van der Waals surface area contributed by atoms with Gasteiger partial charge in [-0.2, -0.15) is 0 Å². The topological polar surface area (TPSA) is 108 Å². The fourth-order valence-corrected chi connectivity index (χ4v) is 0.534. The summed E-state index contributed by atoms with van der Waals surface area (Å²) in [6.07, 6.45) is 0. The molecule has 0 bridgehead atoms. The Morgan fingerprint density at radius 3 is 2.33 bits per heavy atom. The quantitative estimate of drug-likeness (QED) is 0.210. The van der Waals surface area contributed by atoms with Crippen LogP contribution in [0.15, 0.2) is 4.99 Å². The molecule has 0 rings (SSSR count). The summed E-state index contributed by atoms with van der Waals surface area (Å²) in [5.74, 6) is -0.497. The van der Waals surface area contributed by atoms with E-state index in [4.69, 9.17) is 15.5 Å². The fourth-order valence-electron chi connectivity index (χ4n) is 0.178. The third-order valence-corrected chi connectivity index (χ3v) is 0.920. The number of nitrogens with two attached hydrogens (primary N) is 1. The molecule has 0 spiro atoms. The highest BCUT2D eigenvalue weighted by Crippen LogP contribution is 2.26. The van der Waals surface area contributed by atoms with E-state index in [0.29, 0.717) is 0 Å². The van der Waals surface area contributed by atoms with Gasteiger partial charge >= 0.3 is 7.75 Å². The van der Waals surface area contributed by atoms with E-state index in [-0.39, 0.29) is 0 Å². The maximum atomic E-state index is 9.97. The molecule has 0 fully saturated rings. The van der Waals surface area contributed by atoms with Gasteiger partial charge in [0.05, 0.1) is 0 Å². The maximum Gasteiger partial charge on any atom is 0.429 e. The zero-order valence-corrected chi connectivity index (χ0v) is 5.25. The van der Waals surface area contributed by atoms with Gasteiger partial charge in [0.15, 0.2) is 5.96 Å². The SMILES string of the molecule is [CH]N=C(N)NP(=O)(O)O. The minimum atomic E-state index is -4.32. The molecule has 0 aliphatic heterocycles. The van der Waals surface area contributed by atoms with Crippen molar-refractivity contribution in [3.63, 3.8) is 0 Å². The molecule has 7 heteroatoms. The first-order chi connectivity index (χ1) is 3.95. The number of hydrogen-bond acceptors (Lipinski definition) is 2. The zero-order valence-electron chi connectivity index (χ0n) is 4.35. The second-order valence-electron chi connectivity index (χ2n) is 1.17. The van der Waals surface area contributed by atoms with Crippen LogP contribution in [0.3, 0.4) is 0 Å². The number of rotatable bonds is 1. The lowest BCUT2D eigenvalue weighted by molar-refractivity contribution is 0.367. The van der Waals surface area contributed by atoms with E-state index in [9.17, 15) is 4.57 Å². The molecule has 0 saturated carbocycles. The van der Waals surface area contributed by atoms with Crippen molar-refractivity contribution in [1.29, 1.82) is 0 Å². The molecule has 0 heterocycles. The van der Waals surface area contributed by atoms with E-state index in [0.717, 1.165) is 0 Å². The van der Waals surface area contributed by atoms with Gasteiger partial charge < -0.3 is 15.5 Å². The van der Waals surface area contributed by atoms with Crippen molar-refractivity contribution < 1.29 is 14.4 Å². The Morgan fingerprint density at radius 2 is 2.22 bits per heavy atom. The van der Waals surface area contributed by atoms with Crippen molar-refractivity contribution in [3.05, 3.63) is 7.05 Å². The van der Waals surface area contributed by atoms with Crippen LogP contribution >= 0.6 is 7.75 Å². The average molecular weight is 151 g/mol. The smallest absolute Gasteiger partial charge is 0.370 e. The Kier molecular flexibility index (Phi) is 2.64. The van der Waals surface area contributed by atoms with Crippen LogP contribution in [-0.2, 0) is 4.57 Å². The Morgan fingerprint density at radius 1 is 1.78 bits per heavy atom. The van der Waals surface area contributed by atoms with Crippen molar-refractivity contribution in [2.75, 3.05) is 0 Å². The van der Waals surface area contributed by atoms with Gasteiger partial charge in [-0.25, -0.2) is 9.56 Å². The van der Waals surface area contributed by atoms with Crippen LogP contribution in [0.25, 0.3) is 0 Å². The number of guanidine groups is 1. The van der Waals surface area contributed by atoms with E-state index in [1.807, 2.05) is 0 Å². The van der Waals surface area contributed by atoms with Gasteiger partial charge in [-0.3, -0.25) is 5.09 Å². The molecule has 0 aromatic heterocycles. The molecule has 0 saturated heterocycles. The van der Waals surface area contributed by atoms with Gasteiger partial charge in [0.1, 0.15) is 7.05 Å². The van der Waals surface area contributed by atoms with Crippen LogP contribution in [0.5, 0.6) is 0 Å². The fraction of sp³-hybridized carbons (Fsp3) is 0. The molecule has 2 radical (unpaired) electrons. The van der Waals surface area contributed by atoms with E-state index >= 15 is 0 Å². The van der Waals surface area contributed by atoms with Crippen LogP contribution in [0.2, 0.25) is 0 Å². The molecule has 52 valence electrons. The van der Waals surface area contributed by atoms with Gasteiger partial charge in [0.25, 0.3) is 0 Å². The van der Waals surface area contributed by atoms with E-state index < -0.39 is 13.7 Å². The first kappa shape index (κ1) is 8.42. The highest BCUT2D eigenvalue weighted by atomic mass is 31.2. The largest absolute Gasteiger partial charge is 0.429 e. The minimum absolute atomic E-state index is 0.497. The second-order valence-corrected chi connectivity index (χ2v) is 2.48. The van der Waals surface area contributed by atoms with Crippen molar-refractivity contribution in [3.8, 4) is 0 Å². The van der Waals surface area contributed by atoms with Gasteiger partial charge in [0.2, 0.25) is 0 Å². The summed E-state index contributed by atoms with van der Waals surface area (Å²) in [7, 11) is 0.212. The Labute approximate surface area is 52.0 Å². The third kappa shape index (κ3) is 5.29. The Balaban J connectivity index is 3.90. The van der Waals surface area contributed by atoms with Crippen molar-refractivity contribution >= 4 is 13.7 Å². The lowest BCUT2D eigenvalue weighted by Crippen LogP contribution is -2.28. The minimum Gasteiger partial charge on any atom is -0.370 e. The molecule has 0 unspecified atom stereocenters. The molecule has 0 aromatic carbocycles. The monoisotopic (exact) mass is 151 g/mol. The van der Waals surface area contributed by atoms with Crippen LogP contribution in [0, 0.1) is 7.05 Å². The molecule has 0 aromatic rings. The van der Waals surface area contributed by atoms with E-state index in [1.54, 1.807) is 0 Å². The molecule has 0 amide bonds. The third-order valence-electron chi connectivity index (χ3n) is 0.399. The summed E-state index contributed by atoms with van der Waals surface area (Å²) in [5.41, 5.74) is 4.78. The second kappa shape index (κ2) is 2.82. The summed E-state index contributed by atoms with van der Waals surface area (Å²) in [6, 6.07) is 0. The summed E-state index contributed by atoms with van der Waals surface area (Å²) in [6.45, 7) is 0. The average Bonchev–Trinajstić information content (AvgIpc) is 1.62. The number of hydrogen-bond donors (Lipinski definition) is 4. The maximum absolute atomic E-state index is 9.97. The van der Waals surface area contributed by atoms with Gasteiger partial charge in [-0.15, -0.1) is 0 Å². The van der Waals surface area contributed by atoms with E-state index in [2.05, 4.69) is 12.0 Å².